The van der Waals surface area contributed by atoms with Crippen LogP contribution in [0.1, 0.15) is 194 Å². The van der Waals surface area contributed by atoms with Gasteiger partial charge in [0.05, 0.1) is 11.9 Å². The van der Waals surface area contributed by atoms with Crippen LogP contribution >= 0.6 is 0 Å². The molecule has 0 aromatic rings. The lowest BCUT2D eigenvalue weighted by Gasteiger charge is -2.27. The van der Waals surface area contributed by atoms with Gasteiger partial charge >= 0.3 is 0 Å². The molecule has 0 radical (unpaired) electrons. The van der Waals surface area contributed by atoms with Crippen LogP contribution in [0.5, 0.6) is 0 Å². The topological polar surface area (TPSA) is 115 Å². The van der Waals surface area contributed by atoms with E-state index in [0.717, 1.165) is 38.5 Å². The molecule has 0 spiro atoms. The standard InChI is InChI=1S/C36H73NO6S/c1-3-5-7-9-11-13-15-17-18-19-21-23-25-27-29-34(38)33-37(31-32-44(41,42)43)36(40)35(39)30-28-26-24-22-20-16-14-12-10-8-6-4-2/h34-35,38-39H,3-33H2,1-2H3,(H,41,42,43). The minimum atomic E-state index is -4.25. The summed E-state index contributed by atoms with van der Waals surface area (Å²) < 4.78 is 31.8. The molecule has 0 saturated carbocycles. The van der Waals surface area contributed by atoms with E-state index in [9.17, 15) is 28.0 Å². The van der Waals surface area contributed by atoms with Crippen molar-refractivity contribution in [3.8, 4) is 0 Å². The molecule has 0 saturated heterocycles. The van der Waals surface area contributed by atoms with Gasteiger partial charge in [-0.25, -0.2) is 0 Å². The summed E-state index contributed by atoms with van der Waals surface area (Å²) in [5.41, 5.74) is 0. The van der Waals surface area contributed by atoms with E-state index in [4.69, 9.17) is 0 Å². The zero-order chi connectivity index (χ0) is 32.7. The number of nitrogens with zero attached hydrogens (tertiary/aromatic N) is 1. The quantitative estimate of drug-likeness (QED) is 0.0473. The maximum absolute atomic E-state index is 12.9. The van der Waals surface area contributed by atoms with Crippen LogP contribution < -0.4 is 0 Å². The molecule has 0 aliphatic carbocycles. The molecule has 2 atom stereocenters. The maximum atomic E-state index is 12.9. The van der Waals surface area contributed by atoms with Gasteiger partial charge < -0.3 is 15.1 Å². The van der Waals surface area contributed by atoms with Gasteiger partial charge in [-0.3, -0.25) is 9.35 Å². The fourth-order valence-electron chi connectivity index (χ4n) is 5.95. The van der Waals surface area contributed by atoms with Crippen molar-refractivity contribution in [1.82, 2.24) is 4.90 Å². The summed E-state index contributed by atoms with van der Waals surface area (Å²) in [7, 11) is -4.25. The number of rotatable bonds is 34. The molecule has 44 heavy (non-hydrogen) atoms. The van der Waals surface area contributed by atoms with E-state index in [-0.39, 0.29) is 13.1 Å². The Kier molecular flexibility index (Phi) is 30.4. The van der Waals surface area contributed by atoms with Gasteiger partial charge in [-0.2, -0.15) is 8.42 Å². The molecule has 7 nitrogen and oxygen atoms in total. The second kappa shape index (κ2) is 30.9. The Morgan fingerprint density at radius 2 is 0.864 bits per heavy atom. The van der Waals surface area contributed by atoms with E-state index < -0.39 is 34.0 Å². The Balaban J connectivity index is 4.11. The van der Waals surface area contributed by atoms with Crippen molar-refractivity contribution >= 4 is 16.0 Å². The smallest absolute Gasteiger partial charge is 0.266 e. The minimum Gasteiger partial charge on any atom is -0.391 e. The van der Waals surface area contributed by atoms with Crippen LogP contribution in [-0.4, -0.2) is 65.0 Å². The largest absolute Gasteiger partial charge is 0.391 e. The third kappa shape index (κ3) is 30.0. The average Bonchev–Trinajstić information content (AvgIpc) is 2.99. The van der Waals surface area contributed by atoms with Gasteiger partial charge in [0.1, 0.15) is 6.10 Å². The first-order valence-electron chi connectivity index (χ1n) is 18.8. The first kappa shape index (κ1) is 43.3. The van der Waals surface area contributed by atoms with Crippen LogP contribution in [0.15, 0.2) is 0 Å². The number of aliphatic hydroxyl groups is 2. The van der Waals surface area contributed by atoms with Crippen molar-refractivity contribution in [2.24, 2.45) is 0 Å². The first-order chi connectivity index (χ1) is 21.2. The number of carbonyl (C=O) groups excluding carboxylic acids is 1. The lowest BCUT2D eigenvalue weighted by atomic mass is 10.0. The fraction of sp³-hybridized carbons (Fsp3) is 0.972. The van der Waals surface area contributed by atoms with E-state index in [1.165, 1.54) is 133 Å². The molecular formula is C36H73NO6S. The van der Waals surface area contributed by atoms with Crippen molar-refractivity contribution in [3.05, 3.63) is 0 Å². The molecule has 2 unspecified atom stereocenters. The summed E-state index contributed by atoms with van der Waals surface area (Å²) in [6.45, 7) is 4.23. The normalized spacial score (nSPS) is 13.3. The van der Waals surface area contributed by atoms with Gasteiger partial charge in [0, 0.05) is 13.1 Å². The van der Waals surface area contributed by atoms with Gasteiger partial charge in [-0.1, -0.05) is 181 Å². The van der Waals surface area contributed by atoms with Crippen LogP contribution in [0.25, 0.3) is 0 Å². The number of amides is 1. The number of hydrogen-bond acceptors (Lipinski definition) is 5. The van der Waals surface area contributed by atoms with E-state index >= 15 is 0 Å². The fourth-order valence-corrected chi connectivity index (χ4v) is 6.40. The second-order valence-corrected chi connectivity index (χ2v) is 14.9. The maximum Gasteiger partial charge on any atom is 0.266 e. The number of unbranched alkanes of at least 4 members (excludes halogenated alkanes) is 24. The second-order valence-electron chi connectivity index (χ2n) is 13.3. The van der Waals surface area contributed by atoms with Crippen LogP contribution in [0.3, 0.4) is 0 Å². The predicted molar refractivity (Wildman–Crippen MR) is 186 cm³/mol. The van der Waals surface area contributed by atoms with Crippen LogP contribution in [0, 0.1) is 0 Å². The van der Waals surface area contributed by atoms with Crippen molar-refractivity contribution in [3.63, 3.8) is 0 Å². The number of hydrogen-bond donors (Lipinski definition) is 3. The van der Waals surface area contributed by atoms with Gasteiger partial charge in [0.15, 0.2) is 0 Å². The molecule has 264 valence electrons. The zero-order valence-electron chi connectivity index (χ0n) is 29.0. The van der Waals surface area contributed by atoms with Gasteiger partial charge in [0.2, 0.25) is 0 Å². The monoisotopic (exact) mass is 648 g/mol. The number of aliphatic hydroxyl groups excluding tert-OH is 2. The van der Waals surface area contributed by atoms with Crippen LogP contribution in [0.4, 0.5) is 0 Å². The summed E-state index contributed by atoms with van der Waals surface area (Å²) >= 11 is 0. The molecule has 0 aromatic carbocycles. The summed E-state index contributed by atoms with van der Waals surface area (Å²) in [6, 6.07) is 0. The molecule has 0 rings (SSSR count). The summed E-state index contributed by atoms with van der Waals surface area (Å²) in [4.78, 5) is 14.1. The highest BCUT2D eigenvalue weighted by molar-refractivity contribution is 7.85. The van der Waals surface area contributed by atoms with Gasteiger partial charge in [0.25, 0.3) is 16.0 Å². The molecule has 8 heteroatoms. The highest BCUT2D eigenvalue weighted by Crippen LogP contribution is 2.16. The Morgan fingerprint density at radius 3 is 1.20 bits per heavy atom. The average molecular weight is 648 g/mol. The molecule has 0 fully saturated rings. The van der Waals surface area contributed by atoms with E-state index in [1.54, 1.807) is 0 Å². The van der Waals surface area contributed by atoms with Crippen molar-refractivity contribution < 1.29 is 28.0 Å². The predicted octanol–water partition coefficient (Wildman–Crippen LogP) is 9.39. The van der Waals surface area contributed by atoms with E-state index in [2.05, 4.69) is 13.8 Å². The summed E-state index contributed by atoms with van der Waals surface area (Å²) in [5, 5.41) is 21.1. The van der Waals surface area contributed by atoms with Crippen LogP contribution in [-0.2, 0) is 14.9 Å². The zero-order valence-corrected chi connectivity index (χ0v) is 29.8. The molecular weight excluding hydrogens is 574 g/mol. The van der Waals surface area contributed by atoms with E-state index in [1.807, 2.05) is 0 Å². The molecule has 0 aliphatic heterocycles. The molecule has 0 bridgehead atoms. The Bertz CT molecular complexity index is 732. The molecule has 3 N–H and O–H groups in total. The summed E-state index contributed by atoms with van der Waals surface area (Å²) in [5.74, 6) is -1.16. The Hall–Kier alpha value is -0.700. The van der Waals surface area contributed by atoms with Crippen molar-refractivity contribution in [2.75, 3.05) is 18.8 Å². The Labute approximate surface area is 273 Å². The van der Waals surface area contributed by atoms with Crippen molar-refractivity contribution in [2.45, 2.75) is 206 Å². The summed E-state index contributed by atoms with van der Waals surface area (Å²) in [6.07, 6.45) is 30.9. The Morgan fingerprint density at radius 1 is 0.545 bits per heavy atom. The first-order valence-corrected chi connectivity index (χ1v) is 20.4. The molecule has 0 aliphatic rings. The van der Waals surface area contributed by atoms with Gasteiger partial charge in [-0.15, -0.1) is 0 Å². The minimum absolute atomic E-state index is 0.0255. The molecule has 1 amide bonds. The highest BCUT2D eigenvalue weighted by atomic mass is 32.2. The van der Waals surface area contributed by atoms with E-state index in [0.29, 0.717) is 12.8 Å². The molecule has 0 aromatic heterocycles. The van der Waals surface area contributed by atoms with Crippen molar-refractivity contribution in [1.29, 1.82) is 0 Å². The highest BCUT2D eigenvalue weighted by Gasteiger charge is 2.25. The molecule has 0 heterocycles. The third-order valence-corrected chi connectivity index (χ3v) is 9.57. The number of carbonyl (C=O) groups is 1. The van der Waals surface area contributed by atoms with Gasteiger partial charge in [-0.05, 0) is 12.8 Å². The van der Waals surface area contributed by atoms with Crippen LogP contribution in [0.2, 0.25) is 0 Å². The SMILES string of the molecule is CCCCCCCCCCCCCCCCC(O)CN(CCS(=O)(=O)O)C(=O)C(O)CCCCCCCCCCCCCC. The third-order valence-electron chi connectivity index (χ3n) is 8.87. The lowest BCUT2D eigenvalue weighted by Crippen LogP contribution is -2.45. The lowest BCUT2D eigenvalue weighted by molar-refractivity contribution is -0.141.